The van der Waals surface area contributed by atoms with Gasteiger partial charge in [-0.15, -0.1) is 0 Å². The average Bonchev–Trinajstić information content (AvgIpc) is 3.50. The number of anilines is 1. The van der Waals surface area contributed by atoms with Crippen molar-refractivity contribution in [1.82, 2.24) is 15.1 Å². The number of H-pyrrole nitrogens is 1. The van der Waals surface area contributed by atoms with Gasteiger partial charge in [0.05, 0.1) is 23.2 Å². The number of nitrogens with zero attached hydrogens (tertiary/aromatic N) is 3. The fraction of sp³-hybridized carbons (Fsp3) is 0.276. The van der Waals surface area contributed by atoms with Gasteiger partial charge in [0, 0.05) is 36.7 Å². The molecule has 0 radical (unpaired) electrons. The minimum Gasteiger partial charge on any atom is -0.489 e. The van der Waals surface area contributed by atoms with E-state index >= 15 is 0 Å². The summed E-state index contributed by atoms with van der Waals surface area (Å²) in [4.78, 5) is 29.5. The van der Waals surface area contributed by atoms with Crippen LogP contribution in [-0.2, 0) is 17.6 Å². The lowest BCUT2D eigenvalue weighted by atomic mass is 10.0. The summed E-state index contributed by atoms with van der Waals surface area (Å²) in [5.74, 6) is 0.908. The van der Waals surface area contributed by atoms with E-state index in [4.69, 9.17) is 4.74 Å². The second kappa shape index (κ2) is 9.24. The fourth-order valence-electron chi connectivity index (χ4n) is 5.26. The molecule has 7 heteroatoms. The number of hydrogen-bond acceptors (Lipinski definition) is 5. The zero-order chi connectivity index (χ0) is 24.6. The lowest BCUT2D eigenvalue weighted by Gasteiger charge is -2.19. The number of nitrogens with one attached hydrogen (secondary N) is 1. The van der Waals surface area contributed by atoms with Crippen LogP contribution >= 0.6 is 0 Å². The molecule has 0 bridgehead atoms. The van der Waals surface area contributed by atoms with Crippen molar-refractivity contribution in [2.75, 3.05) is 31.6 Å². The molecule has 2 aliphatic rings. The van der Waals surface area contributed by atoms with Crippen LogP contribution in [0.15, 0.2) is 71.5 Å². The maximum Gasteiger partial charge on any atom is 0.272 e. The van der Waals surface area contributed by atoms with Crippen molar-refractivity contribution in [2.45, 2.75) is 25.4 Å². The highest BCUT2D eigenvalue weighted by Crippen LogP contribution is 2.33. The van der Waals surface area contributed by atoms with Crippen LogP contribution in [-0.4, -0.2) is 53.8 Å². The van der Waals surface area contributed by atoms with Gasteiger partial charge >= 0.3 is 0 Å². The van der Waals surface area contributed by atoms with Gasteiger partial charge in [-0.2, -0.15) is 5.10 Å². The largest absolute Gasteiger partial charge is 0.489 e. The number of likely N-dealkylation sites (N-methyl/N-ethyl adjacent to an activating group) is 1. The first kappa shape index (κ1) is 22.5. The van der Waals surface area contributed by atoms with Crippen LogP contribution in [0.4, 0.5) is 5.69 Å². The van der Waals surface area contributed by atoms with Crippen molar-refractivity contribution < 1.29 is 9.53 Å². The number of likely N-dealkylation sites (tertiary alicyclic amines) is 1. The molecular weight excluding hydrogens is 452 g/mol. The van der Waals surface area contributed by atoms with Crippen LogP contribution in [0.25, 0.3) is 22.0 Å². The van der Waals surface area contributed by atoms with Gasteiger partial charge in [0.25, 0.3) is 5.56 Å². The monoisotopic (exact) mass is 480 g/mol. The van der Waals surface area contributed by atoms with Crippen molar-refractivity contribution in [1.29, 1.82) is 0 Å². The number of carbonyl (C=O) groups is 1. The van der Waals surface area contributed by atoms with E-state index in [0.717, 1.165) is 59.6 Å². The number of aromatic amines is 1. The molecule has 7 nitrogen and oxygen atoms in total. The molecule has 4 aromatic rings. The van der Waals surface area contributed by atoms with Crippen LogP contribution in [0.1, 0.15) is 17.5 Å². The van der Waals surface area contributed by atoms with E-state index in [1.54, 1.807) is 6.07 Å². The molecule has 0 unspecified atom stereocenters. The standard InChI is InChI=1S/C29H28N4O3/c1-32-14-13-23(18-32)36-22-11-10-20-12-15-33(26(20)17-22)27(34)16-19-6-8-21(9-7-19)28-24-4-2-3-5-25(24)29(35)31-30-28/h2-11,17,23H,12-16,18H2,1H3,(H,31,35)/t23-/m0/s1. The summed E-state index contributed by atoms with van der Waals surface area (Å²) < 4.78 is 6.20. The maximum atomic E-state index is 13.3. The van der Waals surface area contributed by atoms with E-state index < -0.39 is 0 Å². The normalized spacial score (nSPS) is 17.5. The fourth-order valence-corrected chi connectivity index (χ4v) is 5.26. The van der Waals surface area contributed by atoms with Crippen molar-refractivity contribution in [2.24, 2.45) is 0 Å². The van der Waals surface area contributed by atoms with Gasteiger partial charge in [0.15, 0.2) is 0 Å². The number of amides is 1. The molecule has 1 fully saturated rings. The Morgan fingerprint density at radius 1 is 1.06 bits per heavy atom. The second-order valence-corrected chi connectivity index (χ2v) is 9.70. The number of fused-ring (bicyclic) bond motifs is 2. The Morgan fingerprint density at radius 3 is 2.64 bits per heavy atom. The van der Waals surface area contributed by atoms with Gasteiger partial charge in [-0.25, -0.2) is 5.10 Å². The van der Waals surface area contributed by atoms with E-state index in [0.29, 0.717) is 18.4 Å². The molecular formula is C29H28N4O3. The number of carbonyl (C=O) groups excluding carboxylic acids is 1. The molecule has 1 saturated heterocycles. The Labute approximate surface area is 209 Å². The third kappa shape index (κ3) is 4.27. The first-order valence-electron chi connectivity index (χ1n) is 12.4. The zero-order valence-electron chi connectivity index (χ0n) is 20.2. The Kier molecular flexibility index (Phi) is 5.77. The van der Waals surface area contributed by atoms with Crippen LogP contribution < -0.4 is 15.2 Å². The molecule has 1 aromatic heterocycles. The summed E-state index contributed by atoms with van der Waals surface area (Å²) in [6.07, 6.45) is 2.40. The summed E-state index contributed by atoms with van der Waals surface area (Å²) in [5, 5.41) is 8.28. The summed E-state index contributed by atoms with van der Waals surface area (Å²) in [5.41, 5.74) is 4.50. The molecule has 3 heterocycles. The lowest BCUT2D eigenvalue weighted by Crippen LogP contribution is -2.30. The molecule has 2 aliphatic heterocycles. The predicted octanol–water partition coefficient (Wildman–Crippen LogP) is 3.80. The molecule has 6 rings (SSSR count). The highest BCUT2D eigenvalue weighted by atomic mass is 16.5. The zero-order valence-corrected chi connectivity index (χ0v) is 20.2. The smallest absolute Gasteiger partial charge is 0.272 e. The number of rotatable bonds is 5. The van der Waals surface area contributed by atoms with Gasteiger partial charge in [0.1, 0.15) is 11.9 Å². The van der Waals surface area contributed by atoms with Gasteiger partial charge in [-0.3, -0.25) is 9.59 Å². The highest BCUT2D eigenvalue weighted by Gasteiger charge is 2.26. The average molecular weight is 481 g/mol. The molecule has 3 aromatic carbocycles. The van der Waals surface area contributed by atoms with E-state index in [-0.39, 0.29) is 17.6 Å². The molecule has 0 aliphatic carbocycles. The Balaban J connectivity index is 1.18. The Morgan fingerprint density at radius 2 is 1.86 bits per heavy atom. The quantitative estimate of drug-likeness (QED) is 0.470. The van der Waals surface area contributed by atoms with Crippen molar-refractivity contribution in [3.63, 3.8) is 0 Å². The summed E-state index contributed by atoms with van der Waals surface area (Å²) in [7, 11) is 2.11. The van der Waals surface area contributed by atoms with Crippen molar-refractivity contribution >= 4 is 22.4 Å². The second-order valence-electron chi connectivity index (χ2n) is 9.70. The van der Waals surface area contributed by atoms with Crippen LogP contribution in [0.2, 0.25) is 0 Å². The molecule has 1 atom stereocenters. The number of aromatic nitrogens is 2. The lowest BCUT2D eigenvalue weighted by molar-refractivity contribution is -0.117. The van der Waals surface area contributed by atoms with Crippen molar-refractivity contribution in [3.8, 4) is 17.0 Å². The minimum absolute atomic E-state index is 0.0758. The van der Waals surface area contributed by atoms with E-state index in [9.17, 15) is 9.59 Å². The third-order valence-corrected chi connectivity index (χ3v) is 7.18. The molecule has 1 N–H and O–H groups in total. The molecule has 182 valence electrons. The predicted molar refractivity (Wildman–Crippen MR) is 141 cm³/mol. The Bertz CT molecular complexity index is 1490. The SMILES string of the molecule is CN1CC[C@H](Oc2ccc3c(c2)N(C(=O)Cc2ccc(-c4n[nH]c(=O)c5ccccc45)cc2)CC3)C1. The topological polar surface area (TPSA) is 78.5 Å². The number of benzene rings is 3. The molecule has 0 saturated carbocycles. The third-order valence-electron chi connectivity index (χ3n) is 7.18. The number of ether oxygens (including phenoxy) is 1. The van der Waals surface area contributed by atoms with Gasteiger partial charge in [0.2, 0.25) is 5.91 Å². The minimum atomic E-state index is -0.202. The van der Waals surface area contributed by atoms with E-state index in [2.05, 4.69) is 28.2 Å². The van der Waals surface area contributed by atoms with Gasteiger partial charge < -0.3 is 14.5 Å². The van der Waals surface area contributed by atoms with Crippen LogP contribution in [0.3, 0.4) is 0 Å². The van der Waals surface area contributed by atoms with Crippen LogP contribution in [0, 0.1) is 0 Å². The first-order chi connectivity index (χ1) is 17.5. The molecule has 1 amide bonds. The van der Waals surface area contributed by atoms with Crippen molar-refractivity contribution in [3.05, 3.63) is 88.2 Å². The van der Waals surface area contributed by atoms with Gasteiger partial charge in [-0.05, 0) is 43.1 Å². The van der Waals surface area contributed by atoms with E-state index in [1.165, 1.54) is 5.56 Å². The Hall–Kier alpha value is -3.97. The maximum absolute atomic E-state index is 13.3. The van der Waals surface area contributed by atoms with Crippen LogP contribution in [0.5, 0.6) is 5.75 Å². The summed E-state index contributed by atoms with van der Waals surface area (Å²) in [6.45, 7) is 2.67. The van der Waals surface area contributed by atoms with Gasteiger partial charge in [-0.1, -0.05) is 48.5 Å². The molecule has 36 heavy (non-hydrogen) atoms. The molecule has 0 spiro atoms. The highest BCUT2D eigenvalue weighted by molar-refractivity contribution is 5.97. The first-order valence-corrected chi connectivity index (χ1v) is 12.4. The summed E-state index contributed by atoms with van der Waals surface area (Å²) in [6, 6.07) is 21.4. The number of hydrogen-bond donors (Lipinski definition) is 1. The van der Waals surface area contributed by atoms with E-state index in [1.807, 2.05) is 59.5 Å². The summed E-state index contributed by atoms with van der Waals surface area (Å²) >= 11 is 0.